The van der Waals surface area contributed by atoms with Crippen LogP contribution in [0.25, 0.3) is 0 Å². The van der Waals surface area contributed by atoms with Crippen molar-refractivity contribution in [2.75, 3.05) is 11.9 Å². The van der Waals surface area contributed by atoms with E-state index in [2.05, 4.69) is 15.3 Å². The first-order valence-corrected chi connectivity index (χ1v) is 8.31. The Morgan fingerprint density at radius 1 is 1.28 bits per heavy atom. The van der Waals surface area contributed by atoms with Gasteiger partial charge in [0.05, 0.1) is 6.04 Å². The highest BCUT2D eigenvalue weighted by atomic mass is 16.5. The van der Waals surface area contributed by atoms with E-state index >= 15 is 0 Å². The van der Waals surface area contributed by atoms with Crippen LogP contribution in [0.3, 0.4) is 0 Å². The predicted molar refractivity (Wildman–Crippen MR) is 97.8 cm³/mol. The number of carbonyl (C=O) groups is 1. The van der Waals surface area contributed by atoms with E-state index in [1.54, 1.807) is 6.07 Å². The summed E-state index contributed by atoms with van der Waals surface area (Å²) in [7, 11) is 0. The van der Waals surface area contributed by atoms with Crippen molar-refractivity contribution in [2.24, 2.45) is 10.7 Å². The lowest BCUT2D eigenvalue weighted by Crippen LogP contribution is -2.14. The number of rotatable bonds is 5. The minimum absolute atomic E-state index is 0.134. The molecule has 130 valence electrons. The van der Waals surface area contributed by atoms with E-state index in [1.807, 2.05) is 44.2 Å². The number of amidine groups is 1. The summed E-state index contributed by atoms with van der Waals surface area (Å²) in [5, 5.41) is 2.88. The number of nitrogens with one attached hydrogen (secondary N) is 1. The number of hydrogen-bond donors (Lipinski definition) is 2. The van der Waals surface area contributed by atoms with Crippen LogP contribution in [0.15, 0.2) is 41.4 Å². The SMILES string of the molecule is Cc1cc(C)nc(C(=O)Nc2ccc(CCC3COC(N)=N3)cc2)c1. The average Bonchev–Trinajstić information content (AvgIpc) is 2.99. The molecule has 1 aliphatic heterocycles. The molecule has 1 amide bonds. The summed E-state index contributed by atoms with van der Waals surface area (Å²) in [6.45, 7) is 4.39. The van der Waals surface area contributed by atoms with Gasteiger partial charge in [0.15, 0.2) is 0 Å². The number of aryl methyl sites for hydroxylation is 3. The highest BCUT2D eigenvalue weighted by molar-refractivity contribution is 6.03. The fourth-order valence-corrected chi connectivity index (χ4v) is 2.82. The average molecular weight is 338 g/mol. The van der Waals surface area contributed by atoms with Gasteiger partial charge in [-0.05, 0) is 62.1 Å². The van der Waals surface area contributed by atoms with E-state index in [-0.39, 0.29) is 18.0 Å². The van der Waals surface area contributed by atoms with Crippen LogP contribution in [0.5, 0.6) is 0 Å². The Kier molecular flexibility index (Phi) is 4.97. The largest absolute Gasteiger partial charge is 0.463 e. The third-order valence-corrected chi connectivity index (χ3v) is 4.04. The molecule has 1 unspecified atom stereocenters. The van der Waals surface area contributed by atoms with Gasteiger partial charge < -0.3 is 15.8 Å². The molecular formula is C19H22N4O2. The molecule has 2 aromatic rings. The van der Waals surface area contributed by atoms with E-state index in [1.165, 1.54) is 5.56 Å². The Balaban J connectivity index is 1.57. The Morgan fingerprint density at radius 3 is 2.68 bits per heavy atom. The van der Waals surface area contributed by atoms with Crippen molar-refractivity contribution < 1.29 is 9.53 Å². The Labute approximate surface area is 147 Å². The first kappa shape index (κ1) is 17.0. The smallest absolute Gasteiger partial charge is 0.282 e. The first-order valence-electron chi connectivity index (χ1n) is 8.31. The lowest BCUT2D eigenvalue weighted by atomic mass is 10.1. The summed E-state index contributed by atoms with van der Waals surface area (Å²) < 4.78 is 5.15. The quantitative estimate of drug-likeness (QED) is 0.877. The molecule has 1 aromatic heterocycles. The summed E-state index contributed by atoms with van der Waals surface area (Å²) in [4.78, 5) is 20.8. The molecule has 0 fully saturated rings. The van der Waals surface area contributed by atoms with Crippen molar-refractivity contribution in [3.05, 3.63) is 58.9 Å². The number of carbonyl (C=O) groups excluding carboxylic acids is 1. The second-order valence-electron chi connectivity index (χ2n) is 6.29. The number of pyridine rings is 1. The molecule has 1 atom stereocenters. The maximum Gasteiger partial charge on any atom is 0.282 e. The fraction of sp³-hybridized carbons (Fsp3) is 0.316. The van der Waals surface area contributed by atoms with Gasteiger partial charge in [0.1, 0.15) is 12.3 Å². The predicted octanol–water partition coefficient (Wildman–Crippen LogP) is 2.60. The van der Waals surface area contributed by atoms with Crippen molar-refractivity contribution in [3.8, 4) is 0 Å². The maximum atomic E-state index is 12.3. The van der Waals surface area contributed by atoms with Crippen LogP contribution in [0.4, 0.5) is 5.69 Å². The second-order valence-corrected chi connectivity index (χ2v) is 6.29. The number of aliphatic imine (C=N–C) groups is 1. The normalized spacial score (nSPS) is 16.2. The lowest BCUT2D eigenvalue weighted by molar-refractivity contribution is 0.102. The first-order chi connectivity index (χ1) is 12.0. The summed E-state index contributed by atoms with van der Waals surface area (Å²) >= 11 is 0. The van der Waals surface area contributed by atoms with Gasteiger partial charge in [-0.25, -0.2) is 9.98 Å². The fourth-order valence-electron chi connectivity index (χ4n) is 2.82. The third-order valence-electron chi connectivity index (χ3n) is 4.04. The van der Waals surface area contributed by atoms with Crippen LogP contribution in [0.1, 0.15) is 33.7 Å². The van der Waals surface area contributed by atoms with Crippen molar-refractivity contribution in [1.29, 1.82) is 0 Å². The minimum Gasteiger partial charge on any atom is -0.463 e. The van der Waals surface area contributed by atoms with Gasteiger partial charge in [0.2, 0.25) is 0 Å². The molecule has 6 nitrogen and oxygen atoms in total. The number of aromatic nitrogens is 1. The molecule has 0 aliphatic carbocycles. The van der Waals surface area contributed by atoms with Gasteiger partial charge in [-0.15, -0.1) is 0 Å². The van der Waals surface area contributed by atoms with Gasteiger partial charge in [0.25, 0.3) is 11.9 Å². The van der Waals surface area contributed by atoms with Crippen molar-refractivity contribution in [3.63, 3.8) is 0 Å². The topological polar surface area (TPSA) is 89.6 Å². The van der Waals surface area contributed by atoms with Gasteiger partial charge in [-0.3, -0.25) is 4.79 Å². The second kappa shape index (κ2) is 7.34. The number of benzene rings is 1. The molecule has 2 heterocycles. The number of anilines is 1. The van der Waals surface area contributed by atoms with Crippen molar-refractivity contribution in [1.82, 2.24) is 4.98 Å². The van der Waals surface area contributed by atoms with Crippen molar-refractivity contribution in [2.45, 2.75) is 32.7 Å². The molecule has 3 rings (SSSR count). The maximum absolute atomic E-state index is 12.3. The summed E-state index contributed by atoms with van der Waals surface area (Å²) in [6, 6.07) is 12.0. The zero-order valence-corrected chi connectivity index (χ0v) is 14.5. The number of ether oxygens (including phenoxy) is 1. The minimum atomic E-state index is -0.201. The molecule has 0 radical (unpaired) electrons. The third kappa shape index (κ3) is 4.56. The number of nitrogens with two attached hydrogens (primary N) is 1. The van der Waals surface area contributed by atoms with Crippen LogP contribution in [0.2, 0.25) is 0 Å². The van der Waals surface area contributed by atoms with Crippen LogP contribution in [-0.4, -0.2) is 29.6 Å². The number of nitrogens with zero attached hydrogens (tertiary/aromatic N) is 2. The zero-order chi connectivity index (χ0) is 17.8. The van der Waals surface area contributed by atoms with Gasteiger partial charge in [0, 0.05) is 11.4 Å². The molecule has 3 N–H and O–H groups in total. The Hall–Kier alpha value is -2.89. The summed E-state index contributed by atoms with van der Waals surface area (Å²) in [5.41, 5.74) is 9.73. The van der Waals surface area contributed by atoms with E-state index in [4.69, 9.17) is 10.5 Å². The van der Waals surface area contributed by atoms with E-state index < -0.39 is 0 Å². The van der Waals surface area contributed by atoms with E-state index in [0.717, 1.165) is 29.8 Å². The zero-order valence-electron chi connectivity index (χ0n) is 14.5. The number of hydrogen-bond acceptors (Lipinski definition) is 5. The number of amides is 1. The highest BCUT2D eigenvalue weighted by Crippen LogP contribution is 2.15. The molecule has 25 heavy (non-hydrogen) atoms. The molecular weight excluding hydrogens is 316 g/mol. The van der Waals surface area contributed by atoms with Crippen molar-refractivity contribution >= 4 is 17.6 Å². The Morgan fingerprint density at radius 2 is 2.04 bits per heavy atom. The molecule has 6 heteroatoms. The van der Waals surface area contributed by atoms with Gasteiger partial charge in [-0.1, -0.05) is 12.1 Å². The van der Waals surface area contributed by atoms with Crippen LogP contribution in [-0.2, 0) is 11.2 Å². The molecule has 0 saturated carbocycles. The molecule has 0 saturated heterocycles. The Bertz CT molecular complexity index is 779. The monoisotopic (exact) mass is 338 g/mol. The molecule has 0 bridgehead atoms. The van der Waals surface area contributed by atoms with Crippen LogP contribution >= 0.6 is 0 Å². The standard InChI is InChI=1S/C19H22N4O2/c1-12-9-13(2)21-17(10-12)18(24)22-15-6-3-14(4-7-15)5-8-16-11-25-19(20)23-16/h3-4,6-7,9-10,16H,5,8,11H2,1-2H3,(H2,20,23)(H,22,24). The van der Waals surface area contributed by atoms with Crippen LogP contribution in [0, 0.1) is 13.8 Å². The molecule has 1 aliphatic rings. The summed E-state index contributed by atoms with van der Waals surface area (Å²) in [6.07, 6.45) is 1.77. The van der Waals surface area contributed by atoms with E-state index in [9.17, 15) is 4.79 Å². The van der Waals surface area contributed by atoms with Gasteiger partial charge in [-0.2, -0.15) is 0 Å². The van der Waals surface area contributed by atoms with Gasteiger partial charge >= 0.3 is 0 Å². The summed E-state index contributed by atoms with van der Waals surface area (Å²) in [5.74, 6) is -0.201. The molecule has 1 aromatic carbocycles. The van der Waals surface area contributed by atoms with Crippen LogP contribution < -0.4 is 11.1 Å². The molecule has 0 spiro atoms. The van der Waals surface area contributed by atoms with E-state index in [0.29, 0.717) is 12.3 Å². The lowest BCUT2D eigenvalue weighted by Gasteiger charge is -2.08. The highest BCUT2D eigenvalue weighted by Gasteiger charge is 2.16.